The minimum absolute atomic E-state index is 0.00300. The Balaban J connectivity index is 1.69. The highest BCUT2D eigenvalue weighted by Gasteiger charge is 2.29. The fraction of sp³-hybridized carbons (Fsp3) is 0.421. The van der Waals surface area contributed by atoms with Gasteiger partial charge in [-0.1, -0.05) is 0 Å². The van der Waals surface area contributed by atoms with E-state index >= 15 is 0 Å². The summed E-state index contributed by atoms with van der Waals surface area (Å²) in [5, 5.41) is 13.1. The van der Waals surface area contributed by atoms with Gasteiger partial charge in [-0.3, -0.25) is 4.79 Å². The number of aromatic nitrogens is 1. The molecule has 136 valence electrons. The number of carboxylic acids is 1. The van der Waals surface area contributed by atoms with E-state index in [1.54, 1.807) is 24.3 Å². The van der Waals surface area contributed by atoms with Crippen LogP contribution in [-0.4, -0.2) is 60.1 Å². The number of pyridine rings is 1. The lowest BCUT2D eigenvalue weighted by molar-refractivity contribution is -0.117. The summed E-state index contributed by atoms with van der Waals surface area (Å²) in [5.74, 6) is -0.193. The van der Waals surface area contributed by atoms with Crippen molar-refractivity contribution in [1.82, 2.24) is 9.88 Å². The number of nitrogens with one attached hydrogen (secondary N) is 1. The molecule has 1 saturated heterocycles. The molecule has 0 bridgehead atoms. The molecule has 1 aliphatic carbocycles. The summed E-state index contributed by atoms with van der Waals surface area (Å²) in [6.07, 6.45) is 1.85. The van der Waals surface area contributed by atoms with Crippen molar-refractivity contribution >= 4 is 34.3 Å². The molecule has 0 radical (unpaired) electrons. The van der Waals surface area contributed by atoms with Gasteiger partial charge in [0.1, 0.15) is 5.82 Å². The van der Waals surface area contributed by atoms with E-state index < -0.39 is 5.97 Å². The summed E-state index contributed by atoms with van der Waals surface area (Å²) in [6.45, 7) is 3.50. The maximum Gasteiger partial charge on any atom is 0.336 e. The summed E-state index contributed by atoms with van der Waals surface area (Å²) >= 11 is 0. The third kappa shape index (κ3) is 3.35. The number of piperazine rings is 1. The minimum atomic E-state index is -0.988. The highest BCUT2D eigenvalue weighted by Crippen LogP contribution is 2.31. The van der Waals surface area contributed by atoms with Crippen molar-refractivity contribution in [2.75, 3.05) is 43.4 Å². The Labute approximate surface area is 151 Å². The standard InChI is InChI=1S/C19H22N4O3/c1-22-6-8-23(9-7-22)17-11-15(19(25)26)14-10-13(4-5-16(14)21-17)20-18(24)12-2-3-12/h4-5,10-12H,2-3,6-9H2,1H3,(H,20,24)(H,25,26). The number of aromatic carboxylic acids is 1. The summed E-state index contributed by atoms with van der Waals surface area (Å²) < 4.78 is 0. The van der Waals surface area contributed by atoms with E-state index in [-0.39, 0.29) is 17.4 Å². The maximum absolute atomic E-state index is 12.0. The molecule has 0 atom stereocenters. The van der Waals surface area contributed by atoms with E-state index in [4.69, 9.17) is 0 Å². The van der Waals surface area contributed by atoms with Crippen molar-refractivity contribution < 1.29 is 14.7 Å². The van der Waals surface area contributed by atoms with E-state index in [0.717, 1.165) is 39.0 Å². The number of carbonyl (C=O) groups is 2. The highest BCUT2D eigenvalue weighted by molar-refractivity contribution is 6.05. The quantitative estimate of drug-likeness (QED) is 0.874. The predicted molar refractivity (Wildman–Crippen MR) is 99.8 cm³/mol. The molecule has 2 N–H and O–H groups in total. The average molecular weight is 354 g/mol. The first kappa shape index (κ1) is 16.8. The molecule has 1 amide bonds. The summed E-state index contributed by atoms with van der Waals surface area (Å²) in [4.78, 5) is 32.8. The van der Waals surface area contributed by atoms with E-state index in [0.29, 0.717) is 22.4 Å². The number of fused-ring (bicyclic) bond motifs is 1. The van der Waals surface area contributed by atoms with Crippen LogP contribution in [0.5, 0.6) is 0 Å². The first-order valence-corrected chi connectivity index (χ1v) is 8.94. The third-order valence-corrected chi connectivity index (χ3v) is 5.07. The number of hydrogen-bond acceptors (Lipinski definition) is 5. The zero-order valence-corrected chi connectivity index (χ0v) is 14.7. The van der Waals surface area contributed by atoms with Crippen LogP contribution in [-0.2, 0) is 4.79 Å². The smallest absolute Gasteiger partial charge is 0.336 e. The molecular formula is C19H22N4O3. The van der Waals surface area contributed by atoms with E-state index in [1.807, 2.05) is 0 Å². The minimum Gasteiger partial charge on any atom is -0.478 e. The van der Waals surface area contributed by atoms with Gasteiger partial charge in [-0.05, 0) is 44.2 Å². The molecule has 2 aliphatic rings. The second-order valence-electron chi connectivity index (χ2n) is 7.12. The van der Waals surface area contributed by atoms with Crippen LogP contribution >= 0.6 is 0 Å². The van der Waals surface area contributed by atoms with Crippen molar-refractivity contribution in [2.24, 2.45) is 5.92 Å². The van der Waals surface area contributed by atoms with Crippen molar-refractivity contribution in [3.8, 4) is 0 Å². The Bertz CT molecular complexity index is 870. The Morgan fingerprint density at radius 1 is 1.15 bits per heavy atom. The molecule has 2 heterocycles. The fourth-order valence-corrected chi connectivity index (χ4v) is 3.25. The van der Waals surface area contributed by atoms with Crippen LogP contribution in [0, 0.1) is 5.92 Å². The van der Waals surface area contributed by atoms with Gasteiger partial charge in [0.05, 0.1) is 11.1 Å². The summed E-state index contributed by atoms with van der Waals surface area (Å²) in [5.41, 5.74) is 1.46. The molecule has 4 rings (SSSR count). The van der Waals surface area contributed by atoms with Crippen LogP contribution in [0.3, 0.4) is 0 Å². The van der Waals surface area contributed by atoms with Gasteiger partial charge in [-0.15, -0.1) is 0 Å². The van der Waals surface area contributed by atoms with E-state index in [1.165, 1.54) is 0 Å². The van der Waals surface area contributed by atoms with E-state index in [9.17, 15) is 14.7 Å². The lowest BCUT2D eigenvalue weighted by Crippen LogP contribution is -2.44. The SMILES string of the molecule is CN1CCN(c2cc(C(=O)O)c3cc(NC(=O)C4CC4)ccc3n2)CC1. The van der Waals surface area contributed by atoms with Crippen LogP contribution in [0.1, 0.15) is 23.2 Å². The Hall–Kier alpha value is -2.67. The van der Waals surface area contributed by atoms with Crippen LogP contribution in [0.25, 0.3) is 10.9 Å². The van der Waals surface area contributed by atoms with Crippen molar-refractivity contribution in [2.45, 2.75) is 12.8 Å². The van der Waals surface area contributed by atoms with Gasteiger partial charge in [0, 0.05) is 43.2 Å². The number of nitrogens with zero attached hydrogens (tertiary/aromatic N) is 3. The molecule has 0 spiro atoms. The monoisotopic (exact) mass is 354 g/mol. The van der Waals surface area contributed by atoms with Crippen molar-refractivity contribution in [3.63, 3.8) is 0 Å². The van der Waals surface area contributed by atoms with E-state index in [2.05, 4.69) is 27.1 Å². The number of hydrogen-bond donors (Lipinski definition) is 2. The molecule has 1 aromatic heterocycles. The largest absolute Gasteiger partial charge is 0.478 e. The molecule has 7 nitrogen and oxygen atoms in total. The van der Waals surface area contributed by atoms with Crippen LogP contribution in [0.2, 0.25) is 0 Å². The number of carboxylic acid groups (broad SMARTS) is 1. The van der Waals surface area contributed by atoms with Gasteiger partial charge in [0.2, 0.25) is 5.91 Å². The average Bonchev–Trinajstić information content (AvgIpc) is 3.46. The molecule has 7 heteroatoms. The number of carbonyl (C=O) groups excluding carboxylic acids is 1. The lowest BCUT2D eigenvalue weighted by atomic mass is 10.1. The molecule has 1 aromatic carbocycles. The second kappa shape index (κ2) is 6.57. The summed E-state index contributed by atoms with van der Waals surface area (Å²) in [6, 6.07) is 6.92. The van der Waals surface area contributed by atoms with Gasteiger partial charge in [0.25, 0.3) is 0 Å². The third-order valence-electron chi connectivity index (χ3n) is 5.07. The second-order valence-corrected chi connectivity index (χ2v) is 7.12. The Morgan fingerprint density at radius 3 is 2.54 bits per heavy atom. The highest BCUT2D eigenvalue weighted by atomic mass is 16.4. The molecule has 2 aromatic rings. The summed E-state index contributed by atoms with van der Waals surface area (Å²) in [7, 11) is 2.07. The Morgan fingerprint density at radius 2 is 1.88 bits per heavy atom. The van der Waals surface area contributed by atoms with Gasteiger partial charge in [-0.2, -0.15) is 0 Å². The number of anilines is 2. The maximum atomic E-state index is 12.0. The molecule has 2 fully saturated rings. The lowest BCUT2D eigenvalue weighted by Gasteiger charge is -2.33. The van der Waals surface area contributed by atoms with Crippen LogP contribution in [0.4, 0.5) is 11.5 Å². The van der Waals surface area contributed by atoms with Gasteiger partial charge < -0.3 is 20.2 Å². The molecule has 1 saturated carbocycles. The van der Waals surface area contributed by atoms with Crippen LogP contribution < -0.4 is 10.2 Å². The predicted octanol–water partition coefficient (Wildman–Crippen LogP) is 2.03. The zero-order valence-electron chi connectivity index (χ0n) is 14.7. The normalized spacial score (nSPS) is 18.1. The number of benzene rings is 1. The molecule has 26 heavy (non-hydrogen) atoms. The van der Waals surface area contributed by atoms with Gasteiger partial charge in [0.15, 0.2) is 0 Å². The van der Waals surface area contributed by atoms with Crippen molar-refractivity contribution in [3.05, 3.63) is 29.8 Å². The zero-order chi connectivity index (χ0) is 18.3. The van der Waals surface area contributed by atoms with Crippen LogP contribution in [0.15, 0.2) is 24.3 Å². The number of rotatable bonds is 4. The molecular weight excluding hydrogens is 332 g/mol. The fourth-order valence-electron chi connectivity index (χ4n) is 3.25. The Kier molecular flexibility index (Phi) is 4.24. The van der Waals surface area contributed by atoms with Gasteiger partial charge >= 0.3 is 5.97 Å². The topological polar surface area (TPSA) is 85.8 Å². The first-order valence-electron chi connectivity index (χ1n) is 8.94. The van der Waals surface area contributed by atoms with Gasteiger partial charge in [-0.25, -0.2) is 9.78 Å². The molecule has 1 aliphatic heterocycles. The molecule has 0 unspecified atom stereocenters. The number of amides is 1. The number of likely N-dealkylation sites (N-methyl/N-ethyl adjacent to an activating group) is 1. The van der Waals surface area contributed by atoms with Crippen molar-refractivity contribution in [1.29, 1.82) is 0 Å². The first-order chi connectivity index (χ1) is 12.5.